The third-order valence-electron chi connectivity index (χ3n) is 2.66. The van der Waals surface area contributed by atoms with Crippen molar-refractivity contribution in [2.24, 2.45) is 0 Å². The minimum Gasteiger partial charge on any atom is -0.508 e. The van der Waals surface area contributed by atoms with Gasteiger partial charge in [-0.3, -0.25) is 0 Å². The third-order valence-corrected chi connectivity index (χ3v) is 2.66. The molecular weight excluding hydrogens is 162 g/mol. The molecule has 0 aliphatic carbocycles. The molecule has 2 nitrogen and oxygen atoms in total. The minimum atomic E-state index is 0.445. The van der Waals surface area contributed by atoms with Gasteiger partial charge in [0.2, 0.25) is 0 Å². The van der Waals surface area contributed by atoms with E-state index in [9.17, 15) is 5.11 Å². The maximum atomic E-state index is 9.60. The van der Waals surface area contributed by atoms with Crippen LogP contribution >= 0.6 is 0 Å². The number of phenolic OH excluding ortho intramolecular Hbond substituents is 1. The first kappa shape index (κ1) is 8.42. The van der Waals surface area contributed by atoms with Crippen molar-refractivity contribution in [1.82, 2.24) is 0 Å². The lowest BCUT2D eigenvalue weighted by Crippen LogP contribution is -2.28. The fourth-order valence-electron chi connectivity index (χ4n) is 1.98. The lowest BCUT2D eigenvalue weighted by Gasteiger charge is -2.23. The Bertz CT molecular complexity index is 320. The monoisotopic (exact) mass is 177 g/mol. The Hall–Kier alpha value is -1.18. The predicted molar refractivity (Wildman–Crippen MR) is 54.3 cm³/mol. The van der Waals surface area contributed by atoms with Crippen LogP contribution in [0.1, 0.15) is 19.4 Å². The number of hydrogen-bond donors (Lipinski definition) is 1. The molecule has 0 spiro atoms. The molecule has 2 heteroatoms. The van der Waals surface area contributed by atoms with Gasteiger partial charge in [0, 0.05) is 23.8 Å². The second-order valence-corrected chi connectivity index (χ2v) is 3.81. The number of phenols is 1. The summed E-state index contributed by atoms with van der Waals surface area (Å²) in [4.78, 5) is 2.33. The summed E-state index contributed by atoms with van der Waals surface area (Å²) in [6.45, 7) is 5.39. The smallest absolute Gasteiger partial charge is 0.120 e. The van der Waals surface area contributed by atoms with Crippen LogP contribution in [0.4, 0.5) is 5.69 Å². The van der Waals surface area contributed by atoms with Crippen LogP contribution < -0.4 is 4.90 Å². The van der Waals surface area contributed by atoms with E-state index in [4.69, 9.17) is 0 Å². The zero-order valence-electron chi connectivity index (χ0n) is 8.12. The molecule has 1 aliphatic rings. The Balaban J connectivity index is 2.43. The van der Waals surface area contributed by atoms with E-state index in [1.807, 2.05) is 6.07 Å². The number of aromatic hydroxyl groups is 1. The molecule has 1 aliphatic heterocycles. The van der Waals surface area contributed by atoms with E-state index in [0.29, 0.717) is 11.8 Å². The molecule has 0 unspecified atom stereocenters. The Kier molecular flexibility index (Phi) is 1.91. The highest BCUT2D eigenvalue weighted by Gasteiger charge is 2.22. The van der Waals surface area contributed by atoms with Gasteiger partial charge in [0.25, 0.3) is 0 Å². The van der Waals surface area contributed by atoms with Gasteiger partial charge in [-0.05, 0) is 32.4 Å². The molecule has 1 heterocycles. The van der Waals surface area contributed by atoms with Crippen LogP contribution in [-0.4, -0.2) is 17.7 Å². The lowest BCUT2D eigenvalue weighted by atomic mass is 10.1. The molecular formula is C11H15NO. The van der Waals surface area contributed by atoms with Gasteiger partial charge in [0.05, 0.1) is 0 Å². The largest absolute Gasteiger partial charge is 0.508 e. The summed E-state index contributed by atoms with van der Waals surface area (Å²) >= 11 is 0. The van der Waals surface area contributed by atoms with Crippen molar-refractivity contribution in [3.63, 3.8) is 0 Å². The average Bonchev–Trinajstić information content (AvgIpc) is 2.48. The summed E-state index contributed by atoms with van der Waals surface area (Å²) in [5.41, 5.74) is 2.31. The van der Waals surface area contributed by atoms with Crippen molar-refractivity contribution in [2.45, 2.75) is 26.3 Å². The van der Waals surface area contributed by atoms with Gasteiger partial charge in [-0.25, -0.2) is 0 Å². The van der Waals surface area contributed by atoms with Crippen LogP contribution in [0.3, 0.4) is 0 Å². The van der Waals surface area contributed by atoms with Crippen LogP contribution in [0.15, 0.2) is 18.2 Å². The first-order chi connectivity index (χ1) is 6.20. The number of rotatable bonds is 1. The highest BCUT2D eigenvalue weighted by atomic mass is 16.3. The molecule has 0 aromatic heterocycles. The molecule has 0 saturated carbocycles. The topological polar surface area (TPSA) is 23.5 Å². The fourth-order valence-corrected chi connectivity index (χ4v) is 1.98. The number of benzene rings is 1. The molecule has 0 amide bonds. The molecule has 0 atom stereocenters. The van der Waals surface area contributed by atoms with Crippen molar-refractivity contribution in [2.75, 3.05) is 11.4 Å². The standard InChI is InChI=1S/C11H15NO/c1-8(2)12-7-6-9-10(12)4-3-5-11(9)13/h3-5,8,13H,6-7H2,1-2H3. The molecule has 2 rings (SSSR count). The molecule has 0 fully saturated rings. The summed E-state index contributed by atoms with van der Waals surface area (Å²) in [6.07, 6.45) is 0.972. The van der Waals surface area contributed by atoms with Gasteiger partial charge in [-0.15, -0.1) is 0 Å². The summed E-state index contributed by atoms with van der Waals surface area (Å²) in [5.74, 6) is 0.445. The van der Waals surface area contributed by atoms with Crippen molar-refractivity contribution < 1.29 is 5.11 Å². The van der Waals surface area contributed by atoms with E-state index in [0.717, 1.165) is 18.5 Å². The predicted octanol–water partition coefficient (Wildman–Crippen LogP) is 2.16. The van der Waals surface area contributed by atoms with Gasteiger partial charge >= 0.3 is 0 Å². The first-order valence-electron chi connectivity index (χ1n) is 4.77. The van der Waals surface area contributed by atoms with E-state index in [-0.39, 0.29) is 0 Å². The van der Waals surface area contributed by atoms with Crippen molar-refractivity contribution >= 4 is 5.69 Å². The van der Waals surface area contributed by atoms with E-state index < -0.39 is 0 Å². The SMILES string of the molecule is CC(C)N1CCc2c(O)cccc21. The van der Waals surface area contributed by atoms with Crippen molar-refractivity contribution in [1.29, 1.82) is 0 Å². The second kappa shape index (κ2) is 2.95. The average molecular weight is 177 g/mol. The molecule has 1 aromatic carbocycles. The van der Waals surface area contributed by atoms with Crippen LogP contribution in [-0.2, 0) is 6.42 Å². The van der Waals surface area contributed by atoms with E-state index in [1.54, 1.807) is 6.07 Å². The van der Waals surface area contributed by atoms with Crippen molar-refractivity contribution in [3.05, 3.63) is 23.8 Å². The summed E-state index contributed by atoms with van der Waals surface area (Å²) in [7, 11) is 0. The normalized spacial score (nSPS) is 15.2. The number of hydrogen-bond acceptors (Lipinski definition) is 2. The molecule has 1 aromatic rings. The van der Waals surface area contributed by atoms with Gasteiger partial charge in [-0.2, -0.15) is 0 Å². The zero-order chi connectivity index (χ0) is 9.42. The van der Waals surface area contributed by atoms with Gasteiger partial charge < -0.3 is 10.0 Å². The molecule has 13 heavy (non-hydrogen) atoms. The van der Waals surface area contributed by atoms with Crippen LogP contribution in [0, 0.1) is 0 Å². The van der Waals surface area contributed by atoms with E-state index in [1.165, 1.54) is 5.69 Å². The third kappa shape index (κ3) is 1.26. The zero-order valence-corrected chi connectivity index (χ0v) is 8.12. The van der Waals surface area contributed by atoms with Crippen LogP contribution in [0.5, 0.6) is 5.75 Å². The number of nitrogens with zero attached hydrogens (tertiary/aromatic N) is 1. The van der Waals surface area contributed by atoms with E-state index >= 15 is 0 Å². The first-order valence-corrected chi connectivity index (χ1v) is 4.77. The highest BCUT2D eigenvalue weighted by Crippen LogP contribution is 2.35. The molecule has 0 radical (unpaired) electrons. The van der Waals surface area contributed by atoms with Gasteiger partial charge in [-0.1, -0.05) is 6.07 Å². The summed E-state index contributed by atoms with van der Waals surface area (Å²) < 4.78 is 0. The van der Waals surface area contributed by atoms with Gasteiger partial charge in [0.1, 0.15) is 5.75 Å². The number of fused-ring (bicyclic) bond motifs is 1. The minimum absolute atomic E-state index is 0.445. The Morgan fingerprint density at radius 2 is 2.15 bits per heavy atom. The van der Waals surface area contributed by atoms with Crippen LogP contribution in [0.25, 0.3) is 0 Å². The quantitative estimate of drug-likeness (QED) is 0.710. The summed E-state index contributed by atoms with van der Waals surface area (Å²) in [5, 5.41) is 9.60. The molecule has 0 bridgehead atoms. The molecule has 1 N–H and O–H groups in total. The number of anilines is 1. The molecule has 0 saturated heterocycles. The van der Waals surface area contributed by atoms with Gasteiger partial charge in [0.15, 0.2) is 0 Å². The lowest BCUT2D eigenvalue weighted by molar-refractivity contribution is 0.470. The maximum Gasteiger partial charge on any atom is 0.120 e. The van der Waals surface area contributed by atoms with Crippen molar-refractivity contribution in [3.8, 4) is 5.75 Å². The molecule has 70 valence electrons. The Morgan fingerprint density at radius 1 is 1.38 bits per heavy atom. The fraction of sp³-hybridized carbons (Fsp3) is 0.455. The Labute approximate surface area is 78.8 Å². The summed E-state index contributed by atoms with van der Waals surface area (Å²) in [6, 6.07) is 6.28. The maximum absolute atomic E-state index is 9.60. The Morgan fingerprint density at radius 3 is 2.85 bits per heavy atom. The highest BCUT2D eigenvalue weighted by molar-refractivity contribution is 5.63. The second-order valence-electron chi connectivity index (χ2n) is 3.81. The van der Waals surface area contributed by atoms with Crippen LogP contribution in [0.2, 0.25) is 0 Å². The van der Waals surface area contributed by atoms with E-state index in [2.05, 4.69) is 24.8 Å².